The van der Waals surface area contributed by atoms with Crippen LogP contribution in [0.15, 0.2) is 22.7 Å². The van der Waals surface area contributed by atoms with E-state index in [1.807, 2.05) is 26.0 Å². The number of halogens is 1. The molecule has 0 heterocycles. The van der Waals surface area contributed by atoms with Crippen LogP contribution in [0.5, 0.6) is 0 Å². The highest BCUT2D eigenvalue weighted by Crippen LogP contribution is 2.27. The van der Waals surface area contributed by atoms with Gasteiger partial charge in [0, 0.05) is 11.0 Å². The molecule has 1 unspecified atom stereocenters. The van der Waals surface area contributed by atoms with Gasteiger partial charge in [-0.2, -0.15) is 0 Å². The largest absolute Gasteiger partial charge is 0.315 e. The van der Waals surface area contributed by atoms with E-state index in [4.69, 9.17) is 0 Å². The van der Waals surface area contributed by atoms with Gasteiger partial charge >= 0.3 is 0 Å². The maximum absolute atomic E-state index is 12.2. The van der Waals surface area contributed by atoms with E-state index in [-0.39, 0.29) is 0 Å². The highest BCUT2D eigenvalue weighted by Gasteiger charge is 2.21. The van der Waals surface area contributed by atoms with Gasteiger partial charge in [-0.3, -0.25) is 4.72 Å². The van der Waals surface area contributed by atoms with Gasteiger partial charge in [0.05, 0.1) is 10.9 Å². The first-order valence-corrected chi connectivity index (χ1v) is 8.70. The number of sulfonamides is 1. The molecule has 6 heteroatoms. The number of anilines is 1. The normalized spacial score (nSPS) is 13.3. The van der Waals surface area contributed by atoms with Crippen molar-refractivity contribution in [2.24, 2.45) is 0 Å². The van der Waals surface area contributed by atoms with Crippen molar-refractivity contribution >= 4 is 31.6 Å². The molecule has 0 fully saturated rings. The molecule has 0 aliphatic carbocycles. The van der Waals surface area contributed by atoms with Gasteiger partial charge in [-0.05, 0) is 54.4 Å². The van der Waals surface area contributed by atoms with Crippen LogP contribution in [-0.2, 0) is 10.0 Å². The maximum Gasteiger partial charge on any atom is 0.236 e. The number of aryl methyl sites for hydroxylation is 1. The summed E-state index contributed by atoms with van der Waals surface area (Å²) in [5, 5.41) is 2.64. The van der Waals surface area contributed by atoms with Crippen LogP contribution in [0.25, 0.3) is 0 Å². The van der Waals surface area contributed by atoms with Crippen LogP contribution in [0.4, 0.5) is 5.69 Å². The average molecular weight is 349 g/mol. The summed E-state index contributed by atoms with van der Waals surface area (Å²) in [6, 6.07) is 5.51. The van der Waals surface area contributed by atoms with Gasteiger partial charge in [0.2, 0.25) is 10.0 Å². The van der Waals surface area contributed by atoms with Crippen molar-refractivity contribution in [3.8, 4) is 0 Å². The van der Waals surface area contributed by atoms with E-state index in [1.54, 1.807) is 13.0 Å². The summed E-state index contributed by atoms with van der Waals surface area (Å²) < 4.78 is 27.8. The Hall–Kier alpha value is -0.590. The molecule has 108 valence electrons. The fourth-order valence-electron chi connectivity index (χ4n) is 1.57. The van der Waals surface area contributed by atoms with Crippen LogP contribution in [0.3, 0.4) is 0 Å². The molecule has 0 amide bonds. The third-order valence-corrected chi connectivity index (χ3v) is 5.62. The van der Waals surface area contributed by atoms with E-state index >= 15 is 0 Å². The van der Waals surface area contributed by atoms with Crippen molar-refractivity contribution in [2.75, 3.05) is 17.8 Å². The van der Waals surface area contributed by atoms with Crippen LogP contribution in [0.1, 0.15) is 25.8 Å². The molecule has 1 aromatic carbocycles. The van der Waals surface area contributed by atoms with Crippen molar-refractivity contribution < 1.29 is 8.42 Å². The average Bonchev–Trinajstić information content (AvgIpc) is 2.35. The van der Waals surface area contributed by atoms with E-state index in [0.29, 0.717) is 12.2 Å². The molecule has 1 aromatic rings. The fourth-order valence-corrected chi connectivity index (χ4v) is 3.08. The summed E-state index contributed by atoms with van der Waals surface area (Å²) in [5.74, 6) is 0. The minimum absolute atomic E-state index is 0.451. The molecule has 0 aromatic heterocycles. The molecule has 1 atom stereocenters. The highest BCUT2D eigenvalue weighted by atomic mass is 79.9. The van der Waals surface area contributed by atoms with E-state index in [1.165, 1.54) is 0 Å². The molecule has 0 bridgehead atoms. The molecule has 0 spiro atoms. The highest BCUT2D eigenvalue weighted by molar-refractivity contribution is 9.10. The van der Waals surface area contributed by atoms with Crippen LogP contribution >= 0.6 is 15.9 Å². The lowest BCUT2D eigenvalue weighted by Gasteiger charge is -2.16. The topological polar surface area (TPSA) is 58.2 Å². The number of hydrogen-bond donors (Lipinski definition) is 2. The third-order valence-electron chi connectivity index (χ3n) is 2.83. The molecule has 4 nitrogen and oxygen atoms in total. The second-order valence-electron chi connectivity index (χ2n) is 4.60. The maximum atomic E-state index is 12.2. The van der Waals surface area contributed by atoms with Gasteiger partial charge < -0.3 is 5.32 Å². The first-order valence-electron chi connectivity index (χ1n) is 6.36. The monoisotopic (exact) mass is 348 g/mol. The molecule has 1 rings (SSSR count). The van der Waals surface area contributed by atoms with Gasteiger partial charge in [-0.15, -0.1) is 0 Å². The number of rotatable bonds is 7. The predicted octanol–water partition coefficient (Wildman–Crippen LogP) is 2.89. The zero-order valence-corrected chi connectivity index (χ0v) is 13.9. The Balaban J connectivity index is 2.76. The molecule has 0 aliphatic rings. The lowest BCUT2D eigenvalue weighted by atomic mass is 10.2. The van der Waals surface area contributed by atoms with E-state index in [9.17, 15) is 8.42 Å². The van der Waals surface area contributed by atoms with Crippen LogP contribution in [0, 0.1) is 6.92 Å². The smallest absolute Gasteiger partial charge is 0.236 e. The van der Waals surface area contributed by atoms with E-state index in [2.05, 4.69) is 26.0 Å². The van der Waals surface area contributed by atoms with Crippen molar-refractivity contribution in [2.45, 2.75) is 32.4 Å². The Bertz CT molecular complexity index is 517. The van der Waals surface area contributed by atoms with Crippen LogP contribution < -0.4 is 10.0 Å². The molecular formula is C13H21BrN2O2S. The van der Waals surface area contributed by atoms with Gasteiger partial charge in [0.15, 0.2) is 0 Å². The van der Waals surface area contributed by atoms with Gasteiger partial charge in [0.25, 0.3) is 0 Å². The lowest BCUT2D eigenvalue weighted by Crippen LogP contribution is -2.35. The molecule has 0 aliphatic heterocycles. The van der Waals surface area contributed by atoms with E-state index < -0.39 is 15.3 Å². The van der Waals surface area contributed by atoms with Crippen molar-refractivity contribution in [3.63, 3.8) is 0 Å². The first-order chi connectivity index (χ1) is 8.88. The van der Waals surface area contributed by atoms with Crippen molar-refractivity contribution in [1.29, 1.82) is 0 Å². The summed E-state index contributed by atoms with van der Waals surface area (Å²) in [6.45, 7) is 6.96. The Labute approximate surface area is 124 Å². The SMILES string of the molecule is CCCNCC(C)S(=O)(=O)Nc1cccc(C)c1Br. The van der Waals surface area contributed by atoms with Crippen molar-refractivity contribution in [1.82, 2.24) is 5.32 Å². The summed E-state index contributed by atoms with van der Waals surface area (Å²) in [7, 11) is -3.38. The standard InChI is InChI=1S/C13H21BrN2O2S/c1-4-8-15-9-11(3)19(17,18)16-12-7-5-6-10(2)13(12)14/h5-7,11,15-16H,4,8-9H2,1-3H3. The molecular weight excluding hydrogens is 328 g/mol. The second kappa shape index (κ2) is 7.26. The summed E-state index contributed by atoms with van der Waals surface area (Å²) in [6.07, 6.45) is 0.990. The minimum Gasteiger partial charge on any atom is -0.315 e. The molecule has 0 saturated heterocycles. The third kappa shape index (κ3) is 4.78. The summed E-state index contributed by atoms with van der Waals surface area (Å²) >= 11 is 3.40. The minimum atomic E-state index is -3.38. The number of nitrogens with one attached hydrogen (secondary N) is 2. The van der Waals surface area contributed by atoms with E-state index in [0.717, 1.165) is 23.0 Å². The van der Waals surface area contributed by atoms with Crippen LogP contribution in [-0.4, -0.2) is 26.8 Å². The van der Waals surface area contributed by atoms with Gasteiger partial charge in [-0.25, -0.2) is 8.42 Å². The summed E-state index contributed by atoms with van der Waals surface area (Å²) in [4.78, 5) is 0. The van der Waals surface area contributed by atoms with Gasteiger partial charge in [0.1, 0.15) is 0 Å². The molecule has 19 heavy (non-hydrogen) atoms. The zero-order chi connectivity index (χ0) is 14.5. The Morgan fingerprint density at radius 3 is 2.68 bits per heavy atom. The quantitative estimate of drug-likeness (QED) is 0.745. The van der Waals surface area contributed by atoms with Crippen LogP contribution in [0.2, 0.25) is 0 Å². The lowest BCUT2D eigenvalue weighted by molar-refractivity contribution is 0.576. The first kappa shape index (κ1) is 16.5. The molecule has 2 N–H and O–H groups in total. The predicted molar refractivity (Wildman–Crippen MR) is 84.0 cm³/mol. The number of benzene rings is 1. The summed E-state index contributed by atoms with van der Waals surface area (Å²) in [5.41, 5.74) is 1.58. The Morgan fingerprint density at radius 1 is 1.37 bits per heavy atom. The number of hydrogen-bond acceptors (Lipinski definition) is 3. The fraction of sp³-hybridized carbons (Fsp3) is 0.538. The Morgan fingerprint density at radius 2 is 2.05 bits per heavy atom. The Kier molecular flexibility index (Phi) is 6.29. The van der Waals surface area contributed by atoms with Crippen molar-refractivity contribution in [3.05, 3.63) is 28.2 Å². The molecule has 0 saturated carbocycles. The second-order valence-corrected chi connectivity index (χ2v) is 7.49. The molecule has 0 radical (unpaired) electrons. The van der Waals surface area contributed by atoms with Gasteiger partial charge in [-0.1, -0.05) is 19.1 Å². The zero-order valence-electron chi connectivity index (χ0n) is 11.5.